The van der Waals surface area contributed by atoms with E-state index in [0.29, 0.717) is 5.92 Å². The van der Waals surface area contributed by atoms with Crippen molar-refractivity contribution in [3.8, 4) is 0 Å². The van der Waals surface area contributed by atoms with Crippen molar-refractivity contribution in [2.24, 2.45) is 22.6 Å². The summed E-state index contributed by atoms with van der Waals surface area (Å²) in [6.45, 7) is 2.85. The van der Waals surface area contributed by atoms with Gasteiger partial charge in [-0.3, -0.25) is 0 Å². The zero-order chi connectivity index (χ0) is 11.3. The van der Waals surface area contributed by atoms with Crippen LogP contribution < -0.4 is 5.73 Å². The molecule has 0 aromatic carbocycles. The number of rotatable bonds is 2. The third kappa shape index (κ3) is 1.48. The quantitative estimate of drug-likeness (QED) is 0.767. The average molecular weight is 218 g/mol. The summed E-state index contributed by atoms with van der Waals surface area (Å²) < 4.78 is 32.1. The van der Waals surface area contributed by atoms with Crippen LogP contribution in [0.15, 0.2) is 4.99 Å². The Bertz CT molecular complexity index is 306. The first-order valence-corrected chi connectivity index (χ1v) is 5.26. The van der Waals surface area contributed by atoms with Crippen molar-refractivity contribution in [2.75, 3.05) is 6.61 Å². The highest BCUT2D eigenvalue weighted by molar-refractivity contribution is 5.73. The van der Waals surface area contributed by atoms with Gasteiger partial charge >= 0.3 is 5.92 Å². The van der Waals surface area contributed by atoms with E-state index in [4.69, 9.17) is 5.73 Å². The summed E-state index contributed by atoms with van der Waals surface area (Å²) in [5.74, 6) is -2.61. The largest absolute Gasteiger partial charge is 0.459 e. The second kappa shape index (κ2) is 3.06. The van der Waals surface area contributed by atoms with Gasteiger partial charge in [-0.25, -0.2) is 13.8 Å². The van der Waals surface area contributed by atoms with Gasteiger partial charge in [-0.1, -0.05) is 13.3 Å². The lowest BCUT2D eigenvalue weighted by atomic mass is 9.87. The second-order valence-electron chi connectivity index (χ2n) is 4.60. The lowest BCUT2D eigenvalue weighted by Gasteiger charge is -2.37. The van der Waals surface area contributed by atoms with Gasteiger partial charge in [0.1, 0.15) is 5.54 Å². The summed E-state index contributed by atoms with van der Waals surface area (Å²) >= 11 is 0. The van der Waals surface area contributed by atoms with E-state index in [1.54, 1.807) is 0 Å². The van der Waals surface area contributed by atoms with Gasteiger partial charge in [0, 0.05) is 0 Å². The van der Waals surface area contributed by atoms with Crippen LogP contribution in [0.25, 0.3) is 0 Å². The minimum Gasteiger partial charge on any atom is -0.459 e. The Labute approximate surface area is 87.7 Å². The molecule has 2 aliphatic rings. The molecule has 15 heavy (non-hydrogen) atoms. The molecule has 0 amide bonds. The summed E-state index contributed by atoms with van der Waals surface area (Å²) in [7, 11) is 0. The van der Waals surface area contributed by atoms with E-state index in [2.05, 4.69) is 9.73 Å². The van der Waals surface area contributed by atoms with Gasteiger partial charge < -0.3 is 10.5 Å². The van der Waals surface area contributed by atoms with Gasteiger partial charge in [-0.2, -0.15) is 0 Å². The van der Waals surface area contributed by atoms with E-state index < -0.39 is 18.1 Å². The molecule has 1 heterocycles. The van der Waals surface area contributed by atoms with E-state index in [9.17, 15) is 8.78 Å². The Balaban J connectivity index is 2.27. The first kappa shape index (κ1) is 10.6. The third-order valence-corrected chi connectivity index (χ3v) is 3.65. The summed E-state index contributed by atoms with van der Waals surface area (Å²) in [6, 6.07) is -0.106. The summed E-state index contributed by atoms with van der Waals surface area (Å²) in [4.78, 5) is 3.85. The summed E-state index contributed by atoms with van der Waals surface area (Å²) in [5.41, 5.74) is 4.01. The summed E-state index contributed by atoms with van der Waals surface area (Å²) in [6.07, 6.45) is 1.74. The van der Waals surface area contributed by atoms with Gasteiger partial charge in [0.05, 0.1) is 0 Å². The minimum atomic E-state index is -2.91. The molecule has 1 saturated carbocycles. The number of hydrogen-bond acceptors (Lipinski definition) is 3. The fourth-order valence-electron chi connectivity index (χ4n) is 2.40. The zero-order valence-electron chi connectivity index (χ0n) is 8.96. The SMILES string of the molecule is CC[C@@H]1C[C@H]1[C@@]1(C)N=C(N)OCC1(F)F. The molecular weight excluding hydrogens is 202 g/mol. The molecule has 5 heteroatoms. The molecule has 2 N–H and O–H groups in total. The zero-order valence-corrected chi connectivity index (χ0v) is 8.96. The first-order valence-electron chi connectivity index (χ1n) is 5.26. The lowest BCUT2D eigenvalue weighted by Crippen LogP contribution is -2.54. The Morgan fingerprint density at radius 3 is 2.80 bits per heavy atom. The number of nitrogens with zero attached hydrogens (tertiary/aromatic N) is 1. The molecule has 3 nitrogen and oxygen atoms in total. The van der Waals surface area contributed by atoms with E-state index in [1.807, 2.05) is 6.92 Å². The maximum atomic E-state index is 13.7. The van der Waals surface area contributed by atoms with Crippen molar-refractivity contribution in [3.05, 3.63) is 0 Å². The number of aliphatic imine (C=N–C) groups is 1. The molecule has 0 aromatic heterocycles. The Morgan fingerprint density at radius 1 is 1.60 bits per heavy atom. The van der Waals surface area contributed by atoms with Gasteiger partial charge in [0.25, 0.3) is 6.02 Å². The molecule has 0 radical (unpaired) electrons. The third-order valence-electron chi connectivity index (χ3n) is 3.65. The van der Waals surface area contributed by atoms with Crippen LogP contribution in [0.1, 0.15) is 26.7 Å². The first-order chi connectivity index (χ1) is 6.90. The fraction of sp³-hybridized carbons (Fsp3) is 0.900. The molecule has 1 aliphatic carbocycles. The standard InChI is InChI=1S/C10H16F2N2O/c1-3-6-4-7(6)9(2)10(11,12)5-15-8(13)14-9/h6-7H,3-5H2,1-2H3,(H2,13,14)/t6-,7-,9-/m1/s1. The molecule has 3 atom stereocenters. The molecule has 0 saturated heterocycles. The Kier molecular flexibility index (Phi) is 2.17. The highest BCUT2D eigenvalue weighted by atomic mass is 19.3. The average Bonchev–Trinajstić information content (AvgIpc) is 2.92. The van der Waals surface area contributed by atoms with Crippen molar-refractivity contribution in [3.63, 3.8) is 0 Å². The number of amidine groups is 1. The summed E-state index contributed by atoms with van der Waals surface area (Å²) in [5, 5.41) is 0. The van der Waals surface area contributed by atoms with Gasteiger partial charge in [0.2, 0.25) is 0 Å². The highest BCUT2D eigenvalue weighted by Gasteiger charge is 2.64. The minimum absolute atomic E-state index is 0.0556. The predicted molar refractivity (Wildman–Crippen MR) is 52.8 cm³/mol. The number of nitrogens with two attached hydrogens (primary N) is 1. The van der Waals surface area contributed by atoms with Crippen molar-refractivity contribution < 1.29 is 13.5 Å². The van der Waals surface area contributed by atoms with E-state index >= 15 is 0 Å². The molecule has 0 aromatic rings. The van der Waals surface area contributed by atoms with Crippen molar-refractivity contribution in [1.29, 1.82) is 0 Å². The molecule has 86 valence electrons. The Morgan fingerprint density at radius 2 is 2.27 bits per heavy atom. The van der Waals surface area contributed by atoms with E-state index in [1.165, 1.54) is 6.92 Å². The number of alkyl halides is 2. The molecule has 1 fully saturated rings. The van der Waals surface area contributed by atoms with Crippen LogP contribution in [0.4, 0.5) is 8.78 Å². The molecule has 0 spiro atoms. The van der Waals surface area contributed by atoms with Crippen LogP contribution in [0, 0.1) is 11.8 Å². The van der Waals surface area contributed by atoms with E-state index in [-0.39, 0.29) is 11.9 Å². The fourth-order valence-corrected chi connectivity index (χ4v) is 2.40. The van der Waals surface area contributed by atoms with Crippen LogP contribution in [0.5, 0.6) is 0 Å². The molecule has 1 aliphatic heterocycles. The second-order valence-corrected chi connectivity index (χ2v) is 4.60. The Hall–Kier alpha value is -0.870. The van der Waals surface area contributed by atoms with Gasteiger partial charge in [0.15, 0.2) is 6.61 Å². The van der Waals surface area contributed by atoms with Gasteiger partial charge in [-0.15, -0.1) is 0 Å². The molecular formula is C10H16F2N2O. The van der Waals surface area contributed by atoms with Crippen LogP contribution >= 0.6 is 0 Å². The van der Waals surface area contributed by atoms with Crippen molar-refractivity contribution in [1.82, 2.24) is 0 Å². The van der Waals surface area contributed by atoms with Crippen LogP contribution in [0.2, 0.25) is 0 Å². The maximum absolute atomic E-state index is 13.7. The predicted octanol–water partition coefficient (Wildman–Crippen LogP) is 1.77. The van der Waals surface area contributed by atoms with E-state index in [0.717, 1.165) is 12.8 Å². The maximum Gasteiger partial charge on any atom is 0.306 e. The van der Waals surface area contributed by atoms with Crippen LogP contribution in [0.3, 0.4) is 0 Å². The molecule has 0 unspecified atom stereocenters. The number of ether oxygens (including phenoxy) is 1. The number of hydrogen-bond donors (Lipinski definition) is 1. The molecule has 0 bridgehead atoms. The van der Waals surface area contributed by atoms with Crippen LogP contribution in [-0.4, -0.2) is 24.1 Å². The van der Waals surface area contributed by atoms with Crippen molar-refractivity contribution >= 4 is 6.02 Å². The smallest absolute Gasteiger partial charge is 0.306 e. The van der Waals surface area contributed by atoms with Crippen LogP contribution in [-0.2, 0) is 4.74 Å². The molecule has 2 rings (SSSR count). The lowest BCUT2D eigenvalue weighted by molar-refractivity contribution is -0.121. The van der Waals surface area contributed by atoms with Gasteiger partial charge in [-0.05, 0) is 25.2 Å². The number of halogens is 2. The highest BCUT2D eigenvalue weighted by Crippen LogP contribution is 2.56. The van der Waals surface area contributed by atoms with Crippen molar-refractivity contribution in [2.45, 2.75) is 38.2 Å². The normalized spacial score (nSPS) is 43.1. The topological polar surface area (TPSA) is 47.6 Å². The monoisotopic (exact) mass is 218 g/mol.